The summed E-state index contributed by atoms with van der Waals surface area (Å²) in [5.74, 6) is 0. The van der Waals surface area contributed by atoms with E-state index in [0.717, 1.165) is 11.4 Å². The Morgan fingerprint density at radius 1 is 0.586 bits per heavy atom. The van der Waals surface area contributed by atoms with Crippen LogP contribution < -0.4 is 10.2 Å². The Bertz CT molecular complexity index is 1150. The zero-order valence-electron chi connectivity index (χ0n) is 16.8. The summed E-state index contributed by atoms with van der Waals surface area (Å²) < 4.78 is 0. The predicted molar refractivity (Wildman–Crippen MR) is 123 cm³/mol. The smallest absolute Gasteiger partial charge is 0.0523 e. The molecule has 0 saturated carbocycles. The molecule has 0 amide bonds. The molecule has 142 valence electrons. The highest BCUT2D eigenvalue weighted by Crippen LogP contribution is 2.52. The fourth-order valence-corrected chi connectivity index (χ4v) is 4.34. The minimum atomic E-state index is -0.0670. The second-order valence-electron chi connectivity index (χ2n) is 8.04. The van der Waals surface area contributed by atoms with Crippen LogP contribution in [0.3, 0.4) is 0 Å². The van der Waals surface area contributed by atoms with Crippen LogP contribution in [-0.4, -0.2) is 0 Å². The molecule has 1 heterocycles. The van der Waals surface area contributed by atoms with Crippen molar-refractivity contribution in [3.05, 3.63) is 114 Å². The SMILES string of the molecule is CC1(C)c2ccccc2N(c2ccccc2)c2cc(Nc3ccccc3)ccc21. The molecule has 2 heteroatoms. The Morgan fingerprint density at radius 3 is 1.97 bits per heavy atom. The lowest BCUT2D eigenvalue weighted by Gasteiger charge is -2.42. The fourth-order valence-electron chi connectivity index (χ4n) is 4.34. The molecule has 0 atom stereocenters. The number of hydrogen-bond donors (Lipinski definition) is 1. The maximum atomic E-state index is 3.55. The number of nitrogens with one attached hydrogen (secondary N) is 1. The molecule has 0 aliphatic carbocycles. The summed E-state index contributed by atoms with van der Waals surface area (Å²) >= 11 is 0. The maximum absolute atomic E-state index is 3.55. The first-order valence-corrected chi connectivity index (χ1v) is 10.1. The van der Waals surface area contributed by atoms with Gasteiger partial charge in [0.05, 0.1) is 11.4 Å². The Labute approximate surface area is 172 Å². The topological polar surface area (TPSA) is 15.3 Å². The highest BCUT2D eigenvalue weighted by molar-refractivity contribution is 5.87. The van der Waals surface area contributed by atoms with Crippen molar-refractivity contribution in [3.8, 4) is 0 Å². The molecule has 4 aromatic carbocycles. The van der Waals surface area contributed by atoms with Crippen LogP contribution in [0.25, 0.3) is 0 Å². The quantitative estimate of drug-likeness (QED) is 0.397. The van der Waals surface area contributed by atoms with Gasteiger partial charge in [0, 0.05) is 22.5 Å². The van der Waals surface area contributed by atoms with Crippen LogP contribution in [0.5, 0.6) is 0 Å². The van der Waals surface area contributed by atoms with E-state index in [1.165, 1.54) is 28.2 Å². The molecule has 0 saturated heterocycles. The van der Waals surface area contributed by atoms with Crippen molar-refractivity contribution in [2.24, 2.45) is 0 Å². The van der Waals surface area contributed by atoms with Gasteiger partial charge in [-0.25, -0.2) is 0 Å². The number of anilines is 5. The summed E-state index contributed by atoms with van der Waals surface area (Å²) in [6, 6.07) is 36.4. The number of rotatable bonds is 3. The molecule has 1 aliphatic heterocycles. The number of hydrogen-bond acceptors (Lipinski definition) is 2. The average molecular weight is 377 g/mol. The summed E-state index contributed by atoms with van der Waals surface area (Å²) in [6.45, 7) is 4.63. The van der Waals surface area contributed by atoms with Gasteiger partial charge < -0.3 is 10.2 Å². The lowest BCUT2D eigenvalue weighted by molar-refractivity contribution is 0.632. The summed E-state index contributed by atoms with van der Waals surface area (Å²) in [6.07, 6.45) is 0. The van der Waals surface area contributed by atoms with Crippen molar-refractivity contribution in [1.82, 2.24) is 0 Å². The number of para-hydroxylation sites is 3. The van der Waals surface area contributed by atoms with Gasteiger partial charge in [0.1, 0.15) is 0 Å². The van der Waals surface area contributed by atoms with E-state index < -0.39 is 0 Å². The molecular weight excluding hydrogens is 352 g/mol. The predicted octanol–water partition coefficient (Wildman–Crippen LogP) is 7.54. The van der Waals surface area contributed by atoms with Crippen molar-refractivity contribution in [2.75, 3.05) is 10.2 Å². The van der Waals surface area contributed by atoms with Crippen molar-refractivity contribution in [2.45, 2.75) is 19.3 Å². The first-order chi connectivity index (χ1) is 14.1. The van der Waals surface area contributed by atoms with Gasteiger partial charge in [0.15, 0.2) is 0 Å². The lowest BCUT2D eigenvalue weighted by atomic mass is 9.73. The van der Waals surface area contributed by atoms with Gasteiger partial charge in [-0.05, 0) is 53.6 Å². The third-order valence-electron chi connectivity index (χ3n) is 5.81. The maximum Gasteiger partial charge on any atom is 0.0523 e. The van der Waals surface area contributed by atoms with E-state index in [1.54, 1.807) is 0 Å². The van der Waals surface area contributed by atoms with Crippen LogP contribution in [0, 0.1) is 0 Å². The largest absolute Gasteiger partial charge is 0.355 e. The lowest BCUT2D eigenvalue weighted by Crippen LogP contribution is -2.30. The van der Waals surface area contributed by atoms with E-state index in [-0.39, 0.29) is 5.41 Å². The normalized spacial score (nSPS) is 14.1. The van der Waals surface area contributed by atoms with Gasteiger partial charge in [-0.2, -0.15) is 0 Å². The Morgan fingerprint density at radius 2 is 1.21 bits per heavy atom. The van der Waals surface area contributed by atoms with Crippen molar-refractivity contribution in [1.29, 1.82) is 0 Å². The third-order valence-corrected chi connectivity index (χ3v) is 5.81. The van der Waals surface area contributed by atoms with E-state index in [4.69, 9.17) is 0 Å². The molecule has 2 nitrogen and oxygen atoms in total. The monoisotopic (exact) mass is 376 g/mol. The zero-order valence-corrected chi connectivity index (χ0v) is 16.8. The Kier molecular flexibility index (Phi) is 4.13. The van der Waals surface area contributed by atoms with E-state index in [1.807, 2.05) is 6.07 Å². The number of fused-ring (bicyclic) bond motifs is 2. The third kappa shape index (κ3) is 2.98. The second-order valence-corrected chi connectivity index (χ2v) is 8.04. The van der Waals surface area contributed by atoms with Gasteiger partial charge in [0.25, 0.3) is 0 Å². The van der Waals surface area contributed by atoms with Gasteiger partial charge >= 0.3 is 0 Å². The first kappa shape index (κ1) is 17.6. The van der Waals surface area contributed by atoms with Crippen LogP contribution >= 0.6 is 0 Å². The second kappa shape index (κ2) is 6.82. The highest BCUT2D eigenvalue weighted by Gasteiger charge is 2.36. The molecule has 0 aromatic heterocycles. The molecular formula is C27H24N2. The van der Waals surface area contributed by atoms with E-state index >= 15 is 0 Å². The Balaban J connectivity index is 1.70. The fraction of sp³-hybridized carbons (Fsp3) is 0.111. The molecule has 0 bridgehead atoms. The molecule has 0 unspecified atom stereocenters. The molecule has 29 heavy (non-hydrogen) atoms. The van der Waals surface area contributed by atoms with E-state index in [9.17, 15) is 0 Å². The molecule has 4 aromatic rings. The van der Waals surface area contributed by atoms with Gasteiger partial charge in [-0.15, -0.1) is 0 Å². The van der Waals surface area contributed by atoms with E-state index in [2.05, 4.69) is 121 Å². The molecule has 1 aliphatic rings. The molecule has 0 radical (unpaired) electrons. The summed E-state index contributed by atoms with van der Waals surface area (Å²) in [4.78, 5) is 2.38. The average Bonchev–Trinajstić information content (AvgIpc) is 2.75. The number of nitrogens with zero attached hydrogens (tertiary/aromatic N) is 1. The molecule has 0 spiro atoms. The summed E-state index contributed by atoms with van der Waals surface area (Å²) in [5.41, 5.74) is 8.43. The van der Waals surface area contributed by atoms with Gasteiger partial charge in [-0.1, -0.05) is 74.5 Å². The number of benzene rings is 4. The van der Waals surface area contributed by atoms with Crippen LogP contribution in [0.4, 0.5) is 28.4 Å². The van der Waals surface area contributed by atoms with Crippen molar-refractivity contribution < 1.29 is 0 Å². The minimum absolute atomic E-state index is 0.0670. The minimum Gasteiger partial charge on any atom is -0.355 e. The molecule has 1 N–H and O–H groups in total. The van der Waals surface area contributed by atoms with E-state index in [0.29, 0.717) is 0 Å². The van der Waals surface area contributed by atoms with Crippen LogP contribution in [-0.2, 0) is 5.41 Å². The highest BCUT2D eigenvalue weighted by atomic mass is 15.2. The summed E-state index contributed by atoms with van der Waals surface area (Å²) in [5, 5.41) is 3.55. The van der Waals surface area contributed by atoms with Crippen molar-refractivity contribution >= 4 is 28.4 Å². The van der Waals surface area contributed by atoms with Crippen LogP contribution in [0.2, 0.25) is 0 Å². The Hall–Kier alpha value is -3.52. The van der Waals surface area contributed by atoms with Gasteiger partial charge in [-0.3, -0.25) is 0 Å². The zero-order chi connectivity index (χ0) is 19.8. The van der Waals surface area contributed by atoms with Crippen molar-refractivity contribution in [3.63, 3.8) is 0 Å². The first-order valence-electron chi connectivity index (χ1n) is 10.1. The van der Waals surface area contributed by atoms with Gasteiger partial charge in [0.2, 0.25) is 0 Å². The standard InChI is InChI=1S/C27H24N2/c1-27(2)23-15-9-10-16-25(23)29(22-13-7-4-8-14-22)26-19-21(17-18-24(26)27)28-20-11-5-3-6-12-20/h3-19,28H,1-2H3. The molecule has 5 rings (SSSR count). The van der Waals surface area contributed by atoms with Crippen LogP contribution in [0.1, 0.15) is 25.0 Å². The molecule has 0 fully saturated rings. The van der Waals surface area contributed by atoms with Crippen LogP contribution in [0.15, 0.2) is 103 Å². The summed E-state index contributed by atoms with van der Waals surface area (Å²) in [7, 11) is 0.